The third-order valence-corrected chi connectivity index (χ3v) is 3.37. The average molecular weight is 322 g/mol. The van der Waals surface area contributed by atoms with Crippen LogP contribution in [0.3, 0.4) is 0 Å². The van der Waals surface area contributed by atoms with Gasteiger partial charge in [0, 0.05) is 10.7 Å². The van der Waals surface area contributed by atoms with Gasteiger partial charge < -0.3 is 4.74 Å². The van der Waals surface area contributed by atoms with Gasteiger partial charge in [0.15, 0.2) is 0 Å². The highest BCUT2D eigenvalue weighted by Crippen LogP contribution is 2.30. The van der Waals surface area contributed by atoms with Crippen molar-refractivity contribution in [2.75, 3.05) is 0 Å². The Morgan fingerprint density at radius 3 is 2.40 bits per heavy atom. The van der Waals surface area contributed by atoms with Crippen LogP contribution in [0.15, 0.2) is 27.6 Å². The minimum Gasteiger partial charge on any atom is -0.434 e. The Morgan fingerprint density at radius 1 is 1.40 bits per heavy atom. The number of halogens is 4. The fraction of sp³-hybridized carbons (Fsp3) is 0.143. The van der Waals surface area contributed by atoms with Gasteiger partial charge in [-0.1, -0.05) is 0 Å². The summed E-state index contributed by atoms with van der Waals surface area (Å²) >= 11 is 2.89. The van der Waals surface area contributed by atoms with Crippen LogP contribution in [0.4, 0.5) is 8.78 Å². The molecule has 0 unspecified atom stereocenters. The smallest absolute Gasteiger partial charge is 0.387 e. The van der Waals surface area contributed by atoms with E-state index in [1.54, 1.807) is 0 Å². The van der Waals surface area contributed by atoms with E-state index in [9.17, 15) is 17.2 Å². The van der Waals surface area contributed by atoms with E-state index in [-0.39, 0.29) is 15.1 Å². The molecular weight excluding hydrogens is 317 g/mol. The number of hydrogen-bond donors (Lipinski definition) is 0. The minimum absolute atomic E-state index is 0.0875. The molecule has 0 saturated carbocycles. The summed E-state index contributed by atoms with van der Waals surface area (Å²) in [6.45, 7) is -2.97. The van der Waals surface area contributed by atoms with Crippen LogP contribution in [-0.4, -0.2) is 15.0 Å². The Bertz CT molecular complexity index is 463. The molecule has 1 rings (SSSR count). The van der Waals surface area contributed by atoms with E-state index in [2.05, 4.69) is 20.7 Å². The second-order valence-electron chi connectivity index (χ2n) is 2.41. The maximum Gasteiger partial charge on any atom is 0.387 e. The first-order chi connectivity index (χ1) is 6.80. The van der Waals surface area contributed by atoms with Gasteiger partial charge in [0.1, 0.15) is 5.75 Å². The molecule has 0 amide bonds. The second kappa shape index (κ2) is 4.63. The number of alkyl halides is 2. The quantitative estimate of drug-likeness (QED) is 0.804. The lowest BCUT2D eigenvalue weighted by Gasteiger charge is -2.07. The average Bonchev–Trinajstić information content (AvgIpc) is 2.05. The van der Waals surface area contributed by atoms with Crippen LogP contribution >= 0.6 is 26.6 Å². The van der Waals surface area contributed by atoms with Gasteiger partial charge in [-0.05, 0) is 34.1 Å². The van der Waals surface area contributed by atoms with Gasteiger partial charge in [-0.25, -0.2) is 8.42 Å². The molecule has 0 bridgehead atoms. The van der Waals surface area contributed by atoms with Crippen molar-refractivity contribution in [3.05, 3.63) is 22.7 Å². The third-order valence-electron chi connectivity index (χ3n) is 1.40. The molecule has 0 aromatic heterocycles. The molecule has 0 heterocycles. The molecule has 0 aliphatic heterocycles. The molecule has 0 atom stereocenters. The Labute approximate surface area is 97.5 Å². The first-order valence-corrected chi connectivity index (χ1v) is 6.60. The summed E-state index contributed by atoms with van der Waals surface area (Å²) in [5, 5.41) is 0. The lowest BCUT2D eigenvalue weighted by atomic mass is 10.3. The molecule has 0 spiro atoms. The van der Waals surface area contributed by atoms with Crippen LogP contribution in [0.5, 0.6) is 5.75 Å². The van der Waals surface area contributed by atoms with E-state index >= 15 is 0 Å². The molecule has 84 valence electrons. The molecule has 0 fully saturated rings. The highest BCUT2D eigenvalue weighted by molar-refractivity contribution is 9.10. The monoisotopic (exact) mass is 320 g/mol. The zero-order valence-electron chi connectivity index (χ0n) is 6.95. The molecule has 0 aliphatic carbocycles. The fourth-order valence-electron chi connectivity index (χ4n) is 0.825. The van der Waals surface area contributed by atoms with Crippen molar-refractivity contribution < 1.29 is 21.9 Å². The van der Waals surface area contributed by atoms with Crippen molar-refractivity contribution in [3.8, 4) is 5.75 Å². The van der Waals surface area contributed by atoms with Gasteiger partial charge in [0.25, 0.3) is 9.05 Å². The van der Waals surface area contributed by atoms with Gasteiger partial charge in [-0.3, -0.25) is 0 Å². The van der Waals surface area contributed by atoms with E-state index in [1.165, 1.54) is 0 Å². The fourth-order valence-corrected chi connectivity index (χ4v) is 2.23. The van der Waals surface area contributed by atoms with E-state index in [4.69, 9.17) is 10.7 Å². The predicted molar refractivity (Wildman–Crippen MR) is 53.8 cm³/mol. The Hall–Kier alpha value is -0.400. The topological polar surface area (TPSA) is 43.4 Å². The van der Waals surface area contributed by atoms with Crippen molar-refractivity contribution >= 4 is 35.7 Å². The van der Waals surface area contributed by atoms with Crippen LogP contribution in [0, 0.1) is 0 Å². The summed E-state index contributed by atoms with van der Waals surface area (Å²) in [5.74, 6) is -0.158. The van der Waals surface area contributed by atoms with Gasteiger partial charge in [0.05, 0.1) is 9.37 Å². The molecule has 15 heavy (non-hydrogen) atoms. The molecule has 0 aliphatic rings. The van der Waals surface area contributed by atoms with E-state index in [1.807, 2.05) is 0 Å². The summed E-state index contributed by atoms with van der Waals surface area (Å²) in [5.41, 5.74) is 0. The van der Waals surface area contributed by atoms with Gasteiger partial charge >= 0.3 is 6.61 Å². The number of ether oxygens (including phenoxy) is 1. The van der Waals surface area contributed by atoms with Gasteiger partial charge in [-0.15, -0.1) is 0 Å². The molecule has 1 aromatic carbocycles. The zero-order valence-corrected chi connectivity index (χ0v) is 10.1. The molecule has 1 aromatic rings. The Morgan fingerprint density at radius 2 is 2.00 bits per heavy atom. The SMILES string of the molecule is O=S(=O)(Cl)c1ccc(OC(F)F)c(Br)c1. The van der Waals surface area contributed by atoms with Crippen LogP contribution in [0.2, 0.25) is 0 Å². The maximum absolute atomic E-state index is 11.8. The summed E-state index contributed by atoms with van der Waals surface area (Å²) in [4.78, 5) is -0.197. The third kappa shape index (κ3) is 3.58. The summed E-state index contributed by atoms with van der Waals surface area (Å²) in [6.07, 6.45) is 0. The second-order valence-corrected chi connectivity index (χ2v) is 5.83. The van der Waals surface area contributed by atoms with Crippen molar-refractivity contribution in [1.82, 2.24) is 0 Å². The minimum atomic E-state index is -3.87. The van der Waals surface area contributed by atoms with Crippen molar-refractivity contribution in [2.24, 2.45) is 0 Å². The van der Waals surface area contributed by atoms with E-state index in [0.717, 1.165) is 18.2 Å². The van der Waals surface area contributed by atoms with Crippen molar-refractivity contribution in [3.63, 3.8) is 0 Å². The Kier molecular flexibility index (Phi) is 3.91. The number of benzene rings is 1. The lowest BCUT2D eigenvalue weighted by molar-refractivity contribution is -0.0503. The Balaban J connectivity index is 3.09. The first kappa shape index (κ1) is 12.7. The highest BCUT2D eigenvalue weighted by Gasteiger charge is 2.14. The lowest BCUT2D eigenvalue weighted by Crippen LogP contribution is -2.03. The summed E-state index contributed by atoms with van der Waals surface area (Å²) in [6, 6.07) is 3.25. The van der Waals surface area contributed by atoms with Crippen LogP contribution in [0.1, 0.15) is 0 Å². The van der Waals surface area contributed by atoms with E-state index in [0.29, 0.717) is 0 Å². The molecule has 0 N–H and O–H groups in total. The molecule has 3 nitrogen and oxygen atoms in total. The van der Waals surface area contributed by atoms with Crippen LogP contribution in [-0.2, 0) is 9.05 Å². The van der Waals surface area contributed by atoms with E-state index < -0.39 is 15.7 Å². The molecule has 0 saturated heterocycles. The van der Waals surface area contributed by atoms with Gasteiger partial charge in [-0.2, -0.15) is 8.78 Å². The summed E-state index contributed by atoms with van der Waals surface area (Å²) < 4.78 is 49.6. The van der Waals surface area contributed by atoms with Crippen LogP contribution < -0.4 is 4.74 Å². The summed E-state index contributed by atoms with van der Waals surface area (Å²) in [7, 11) is 1.18. The number of hydrogen-bond acceptors (Lipinski definition) is 3. The normalized spacial score (nSPS) is 11.8. The van der Waals surface area contributed by atoms with Crippen LogP contribution in [0.25, 0.3) is 0 Å². The predicted octanol–water partition coefficient (Wildman–Crippen LogP) is 2.98. The number of rotatable bonds is 3. The molecular formula is C7H4BrClF2O3S. The molecule has 0 radical (unpaired) electrons. The zero-order chi connectivity index (χ0) is 11.6. The van der Waals surface area contributed by atoms with Crippen molar-refractivity contribution in [2.45, 2.75) is 11.5 Å². The largest absolute Gasteiger partial charge is 0.434 e. The van der Waals surface area contributed by atoms with Gasteiger partial charge in [0.2, 0.25) is 0 Å². The molecule has 8 heteroatoms. The maximum atomic E-state index is 11.8. The van der Waals surface area contributed by atoms with Crippen molar-refractivity contribution in [1.29, 1.82) is 0 Å². The standard InChI is InChI=1S/C7H4BrClF2O3S/c8-5-3-4(15(9,12)13)1-2-6(5)14-7(10)11/h1-3,7H. The first-order valence-electron chi connectivity index (χ1n) is 3.50. The highest BCUT2D eigenvalue weighted by atomic mass is 79.9.